The highest BCUT2D eigenvalue weighted by Crippen LogP contribution is 2.42. The van der Waals surface area contributed by atoms with Crippen LogP contribution < -0.4 is 0 Å². The molecule has 2 heterocycles. The van der Waals surface area contributed by atoms with Gasteiger partial charge in [-0.3, -0.25) is 9.80 Å². The van der Waals surface area contributed by atoms with E-state index in [0.717, 1.165) is 58.3 Å². The molecule has 2 saturated heterocycles. The van der Waals surface area contributed by atoms with E-state index in [9.17, 15) is 9.90 Å². The first kappa shape index (κ1) is 49.7. The van der Waals surface area contributed by atoms with Crippen molar-refractivity contribution < 1.29 is 24.1 Å². The van der Waals surface area contributed by atoms with Crippen LogP contribution in [0, 0.1) is 10.8 Å². The Balaban J connectivity index is 1.16. The molecule has 0 bridgehead atoms. The molecule has 348 valence electrons. The molecule has 2 radical (unpaired) electrons. The van der Waals surface area contributed by atoms with Gasteiger partial charge in [-0.25, -0.2) is 4.79 Å². The second kappa shape index (κ2) is 23.7. The highest BCUT2D eigenvalue weighted by Gasteiger charge is 2.31. The van der Waals surface area contributed by atoms with Crippen molar-refractivity contribution in [3.8, 4) is 0 Å². The van der Waals surface area contributed by atoms with Crippen LogP contribution in [0.5, 0.6) is 0 Å². The summed E-state index contributed by atoms with van der Waals surface area (Å²) in [4.78, 5) is 17.1. The molecule has 0 aromatic heterocycles. The average molecular weight is 889 g/mol. The Morgan fingerprint density at radius 1 is 0.621 bits per heavy atom. The van der Waals surface area contributed by atoms with E-state index in [1.165, 1.54) is 80.6 Å². The largest absolute Gasteiger partial charge is 0.460 e. The Labute approximate surface area is 397 Å². The maximum Gasteiger partial charge on any atom is 0.333 e. The van der Waals surface area contributed by atoms with Gasteiger partial charge in [0.1, 0.15) is 21.2 Å². The van der Waals surface area contributed by atoms with Crippen molar-refractivity contribution in [3.63, 3.8) is 0 Å². The lowest BCUT2D eigenvalue weighted by molar-refractivity contribution is -0.140. The van der Waals surface area contributed by atoms with Gasteiger partial charge in [-0.05, 0) is 104 Å². The van der Waals surface area contributed by atoms with Gasteiger partial charge in [0.15, 0.2) is 0 Å². The number of aliphatic hydroxyl groups is 1. The predicted molar refractivity (Wildman–Crippen MR) is 275 cm³/mol. The number of esters is 1. The molecule has 0 aliphatic carbocycles. The predicted octanol–water partition coefficient (Wildman–Crippen LogP) is 11.2. The Kier molecular flexibility index (Phi) is 17.8. The van der Waals surface area contributed by atoms with Gasteiger partial charge in [-0.15, -0.1) is 0 Å². The van der Waals surface area contributed by atoms with Gasteiger partial charge in [-0.2, -0.15) is 0 Å². The highest BCUT2D eigenvalue weighted by atomic mass is 16.6. The minimum absolute atomic E-state index is 0.0228. The summed E-state index contributed by atoms with van der Waals surface area (Å²) in [5.41, 5.74) is 9.49. The van der Waals surface area contributed by atoms with Gasteiger partial charge >= 0.3 is 5.97 Å². The summed E-state index contributed by atoms with van der Waals surface area (Å²) < 4.78 is 17.3. The normalized spacial score (nSPS) is 18.1. The lowest BCUT2D eigenvalue weighted by atomic mass is 9.47. The Morgan fingerprint density at radius 2 is 1.09 bits per heavy atom. The van der Waals surface area contributed by atoms with E-state index in [4.69, 9.17) is 14.2 Å². The number of ether oxygens (including phenoxy) is 3. The fourth-order valence-corrected chi connectivity index (χ4v) is 10.3. The van der Waals surface area contributed by atoms with Crippen molar-refractivity contribution in [1.82, 2.24) is 9.80 Å². The highest BCUT2D eigenvalue weighted by molar-refractivity contribution is 6.38. The Bertz CT molecular complexity index is 2300. The van der Waals surface area contributed by atoms with E-state index in [2.05, 4.69) is 156 Å². The fourth-order valence-electron chi connectivity index (χ4n) is 10.3. The molecule has 1 N–H and O–H groups in total. The third kappa shape index (κ3) is 13.5. The quantitative estimate of drug-likeness (QED) is 0.0230. The van der Waals surface area contributed by atoms with E-state index in [0.29, 0.717) is 54.5 Å². The molecule has 2 unspecified atom stereocenters. The molecule has 7 nitrogen and oxygen atoms in total. The second-order valence-electron chi connectivity index (χ2n) is 20.5. The number of fused-ring (bicyclic) bond motifs is 2. The Morgan fingerprint density at radius 3 is 1.59 bits per heavy atom. The first-order chi connectivity index (χ1) is 31.9. The Hall–Kier alpha value is -4.24. The molecule has 9 heteroatoms. The van der Waals surface area contributed by atoms with Crippen LogP contribution >= 0.6 is 0 Å². The van der Waals surface area contributed by atoms with E-state index in [-0.39, 0.29) is 19.2 Å². The van der Waals surface area contributed by atoms with Crippen LogP contribution in [0.15, 0.2) is 109 Å². The fraction of sp³-hybridized carbons (Fsp3) is 0.491. The monoisotopic (exact) mass is 889 g/mol. The molecule has 66 heavy (non-hydrogen) atoms. The number of benzene rings is 5. The third-order valence-corrected chi connectivity index (χ3v) is 14.2. The van der Waals surface area contributed by atoms with Crippen LogP contribution in [0.25, 0.3) is 21.5 Å². The van der Waals surface area contributed by atoms with Crippen LogP contribution in [0.2, 0.25) is 12.6 Å². The summed E-state index contributed by atoms with van der Waals surface area (Å²) in [7, 11) is 5.12. The van der Waals surface area contributed by atoms with Crippen LogP contribution in [0.1, 0.15) is 105 Å². The van der Waals surface area contributed by atoms with E-state index >= 15 is 0 Å². The topological polar surface area (TPSA) is 71.5 Å². The van der Waals surface area contributed by atoms with Crippen molar-refractivity contribution in [2.45, 2.75) is 111 Å². The molecule has 2 atom stereocenters. The molecule has 2 fully saturated rings. The molecule has 0 saturated carbocycles. The number of aliphatic hydroxyl groups excluding tert-OH is 1. The average Bonchev–Trinajstić information content (AvgIpc) is 3.31. The number of carbonyl (C=O) groups is 1. The van der Waals surface area contributed by atoms with Gasteiger partial charge in [-0.1, -0.05) is 157 Å². The van der Waals surface area contributed by atoms with Crippen molar-refractivity contribution in [2.24, 2.45) is 10.8 Å². The molecule has 2 aliphatic heterocycles. The van der Waals surface area contributed by atoms with Gasteiger partial charge in [0.25, 0.3) is 0 Å². The molecule has 5 aromatic rings. The number of carbonyl (C=O) groups excluding carboxylic acids is 1. The maximum absolute atomic E-state index is 12.0. The van der Waals surface area contributed by atoms with Crippen molar-refractivity contribution in [1.29, 1.82) is 0 Å². The summed E-state index contributed by atoms with van der Waals surface area (Å²) >= 11 is 0. The summed E-state index contributed by atoms with van der Waals surface area (Å²) in [6, 6.07) is 36.1. The maximum atomic E-state index is 12.0. The number of hydrogen-bond acceptors (Lipinski definition) is 7. The number of rotatable bonds is 23. The lowest BCUT2D eigenvalue weighted by Crippen LogP contribution is -2.31. The van der Waals surface area contributed by atoms with Gasteiger partial charge in [0.05, 0.1) is 33.0 Å². The molecule has 0 spiro atoms. The first-order valence-corrected chi connectivity index (χ1v) is 24.7. The zero-order valence-corrected chi connectivity index (χ0v) is 40.7. The molecule has 7 rings (SSSR count). The van der Waals surface area contributed by atoms with Crippen LogP contribution in [0.4, 0.5) is 0 Å². The smallest absolute Gasteiger partial charge is 0.333 e. The molecule has 5 aromatic carbocycles. The van der Waals surface area contributed by atoms with Crippen molar-refractivity contribution in [2.75, 3.05) is 59.3 Å². The molecule has 0 amide bonds. The zero-order chi connectivity index (χ0) is 46.5. The second-order valence-corrected chi connectivity index (χ2v) is 20.5. The van der Waals surface area contributed by atoms with E-state index < -0.39 is 0 Å². The van der Waals surface area contributed by atoms with Gasteiger partial charge in [0, 0.05) is 44.8 Å². The van der Waals surface area contributed by atoms with Crippen LogP contribution in [-0.2, 0) is 45.1 Å². The lowest BCUT2D eigenvalue weighted by Gasteiger charge is -2.35. The van der Waals surface area contributed by atoms with E-state index in [1.54, 1.807) is 6.92 Å². The summed E-state index contributed by atoms with van der Waals surface area (Å²) in [6.07, 6.45) is 7.98. The summed E-state index contributed by atoms with van der Waals surface area (Å²) in [5.74, 6) is 0.544. The summed E-state index contributed by atoms with van der Waals surface area (Å²) in [6.45, 7) is 21.7. The van der Waals surface area contributed by atoms with Crippen LogP contribution in [-0.4, -0.2) is 94.7 Å². The first-order valence-electron chi connectivity index (χ1n) is 24.7. The van der Waals surface area contributed by atoms with Crippen molar-refractivity contribution in [3.05, 3.63) is 143 Å². The molecular formula is C57H74B2N2O5. The molecular weight excluding hydrogens is 814 g/mol. The minimum Gasteiger partial charge on any atom is -0.460 e. The third-order valence-electron chi connectivity index (χ3n) is 14.2. The van der Waals surface area contributed by atoms with Crippen LogP contribution in [0.3, 0.4) is 0 Å². The van der Waals surface area contributed by atoms with E-state index in [1.807, 2.05) is 0 Å². The summed E-state index contributed by atoms with van der Waals surface area (Å²) in [5, 5.41) is 14.7. The SMILES string of the molecule is C=C(C)C(=O)OCCOCCN(CCc1c2ccccc2c(CN(CCOCCO)Cc2ccccc2C2[B]CC(C)(C)CC2)c2ccccc12)Cc1ccccc1C1[B]CC(C)(C)CC1. The number of hydrogen-bond donors (Lipinski definition) is 1. The number of nitrogens with zero attached hydrogens (tertiary/aromatic N) is 2. The van der Waals surface area contributed by atoms with Gasteiger partial charge < -0.3 is 19.3 Å². The van der Waals surface area contributed by atoms with Crippen molar-refractivity contribution >= 4 is 42.1 Å². The standard InChI is InChI=1S/C57H74B2N2O5/c1-42(2)55(63)66-36-35-65-32-29-60(37-43-15-7-9-17-45(43)53-23-26-56(3,4)40-58-53)28-25-51-47-19-11-13-21-49(47)52(50-22-14-12-20-48(50)51)39-61(30-33-64-34-31-62)38-44-16-8-10-18-46(44)54-24-27-57(5,6)41-59-54/h7-22,53-54,62H,1,23-41H2,2-6H3. The minimum atomic E-state index is -0.381. The molecule has 2 aliphatic rings. The van der Waals surface area contributed by atoms with Gasteiger partial charge in [0.2, 0.25) is 0 Å². The zero-order valence-electron chi connectivity index (χ0n) is 40.7.